The van der Waals surface area contributed by atoms with Crippen molar-refractivity contribution in [3.8, 4) is 0 Å². The van der Waals surface area contributed by atoms with Crippen LogP contribution in [0.2, 0.25) is 0 Å². The van der Waals surface area contributed by atoms with Crippen LogP contribution < -0.4 is 4.72 Å². The van der Waals surface area contributed by atoms with Crippen LogP contribution in [0.25, 0.3) is 5.57 Å². The maximum atomic E-state index is 13.3. The topological polar surface area (TPSA) is 63.2 Å². The number of thiophene rings is 1. The molecule has 1 heterocycles. The number of rotatable bonds is 5. The third kappa shape index (κ3) is 4.39. The quantitative estimate of drug-likeness (QED) is 0.710. The van der Waals surface area contributed by atoms with Crippen molar-refractivity contribution in [3.05, 3.63) is 64.1 Å². The second-order valence-electron chi connectivity index (χ2n) is 6.52. The molecule has 0 amide bonds. The van der Waals surface area contributed by atoms with Crippen molar-refractivity contribution in [3.63, 3.8) is 0 Å². The van der Waals surface area contributed by atoms with Crippen molar-refractivity contribution < 1.29 is 22.0 Å². The highest BCUT2D eigenvalue weighted by atomic mass is 32.2. The summed E-state index contributed by atoms with van der Waals surface area (Å²) >= 11 is 1.05. The van der Waals surface area contributed by atoms with E-state index in [9.17, 15) is 22.0 Å². The molecule has 8 heteroatoms. The number of hydrogen-bond acceptors (Lipinski definition) is 4. The zero-order valence-corrected chi connectivity index (χ0v) is 17.0. The average molecular weight is 424 g/mol. The maximum absolute atomic E-state index is 13.3. The lowest BCUT2D eigenvalue weighted by Crippen LogP contribution is -2.11. The monoisotopic (exact) mass is 423 g/mol. The molecule has 0 bridgehead atoms. The van der Waals surface area contributed by atoms with Gasteiger partial charge in [0.15, 0.2) is 5.78 Å². The summed E-state index contributed by atoms with van der Waals surface area (Å²) in [7, 11) is -4.00. The predicted octanol–water partition coefficient (Wildman–Crippen LogP) is 5.30. The standard InChI is InChI=1S/C20H19F2NO3S2/c1-3-13-8-17(12(2)4-5-18(13)24)19-6-7-20(27-19)28(25,26)23-16-10-14(21)9-15(22)11-16/h6-11,23H,3-5H2,1-2H3. The normalized spacial score (nSPS) is 15.4. The zero-order valence-electron chi connectivity index (χ0n) is 15.4. The molecule has 148 valence electrons. The van der Waals surface area contributed by atoms with Gasteiger partial charge in [-0.25, -0.2) is 17.2 Å². The minimum Gasteiger partial charge on any atom is -0.295 e. The molecule has 0 atom stereocenters. The second kappa shape index (κ2) is 7.97. The molecule has 0 saturated heterocycles. The lowest BCUT2D eigenvalue weighted by atomic mass is 10.0. The number of anilines is 1. The molecular weight excluding hydrogens is 404 g/mol. The lowest BCUT2D eigenvalue weighted by molar-refractivity contribution is -0.115. The van der Waals surface area contributed by atoms with E-state index < -0.39 is 21.7 Å². The van der Waals surface area contributed by atoms with Gasteiger partial charge in [-0.15, -0.1) is 11.3 Å². The number of halogens is 2. The van der Waals surface area contributed by atoms with Crippen molar-refractivity contribution in [2.24, 2.45) is 0 Å². The predicted molar refractivity (Wildman–Crippen MR) is 107 cm³/mol. The fraction of sp³-hybridized carbons (Fsp3) is 0.250. The van der Waals surface area contributed by atoms with Gasteiger partial charge in [-0.1, -0.05) is 12.5 Å². The number of ketones is 1. The van der Waals surface area contributed by atoms with Gasteiger partial charge in [-0.05, 0) is 61.3 Å². The molecule has 28 heavy (non-hydrogen) atoms. The summed E-state index contributed by atoms with van der Waals surface area (Å²) < 4.78 is 54.1. The Hall–Kier alpha value is -2.32. The summed E-state index contributed by atoms with van der Waals surface area (Å²) in [5.74, 6) is -1.63. The maximum Gasteiger partial charge on any atom is 0.271 e. The van der Waals surface area contributed by atoms with Crippen molar-refractivity contribution in [1.82, 2.24) is 0 Å². The van der Waals surface area contributed by atoms with E-state index in [0.717, 1.165) is 45.1 Å². The highest BCUT2D eigenvalue weighted by Gasteiger charge is 2.21. The van der Waals surface area contributed by atoms with Gasteiger partial charge in [0, 0.05) is 17.4 Å². The first-order valence-corrected chi connectivity index (χ1v) is 11.0. The van der Waals surface area contributed by atoms with Gasteiger partial charge in [0.25, 0.3) is 10.0 Å². The van der Waals surface area contributed by atoms with Gasteiger partial charge in [-0.2, -0.15) is 0 Å². The Labute approximate surface area is 166 Å². The Kier molecular flexibility index (Phi) is 5.81. The molecule has 4 nitrogen and oxygen atoms in total. The molecule has 2 aromatic rings. The summed E-state index contributed by atoms with van der Waals surface area (Å²) in [5, 5.41) is 0. The first-order valence-electron chi connectivity index (χ1n) is 8.72. The van der Waals surface area contributed by atoms with Crippen molar-refractivity contribution >= 4 is 38.4 Å². The fourth-order valence-electron chi connectivity index (χ4n) is 2.98. The lowest BCUT2D eigenvalue weighted by Gasteiger charge is -2.07. The molecule has 0 radical (unpaired) electrons. The zero-order chi connectivity index (χ0) is 20.5. The molecule has 0 aliphatic heterocycles. The van der Waals surface area contributed by atoms with E-state index in [1.54, 1.807) is 6.07 Å². The molecular formula is C20H19F2NO3S2. The SMILES string of the molecule is CCC1=CC(c2ccc(S(=O)(=O)Nc3cc(F)cc(F)c3)s2)=C(C)CCC1=O. The van der Waals surface area contributed by atoms with Gasteiger partial charge in [0.05, 0.1) is 5.69 Å². The highest BCUT2D eigenvalue weighted by molar-refractivity contribution is 7.94. The minimum atomic E-state index is -4.00. The summed E-state index contributed by atoms with van der Waals surface area (Å²) in [5.41, 5.74) is 2.41. The van der Waals surface area contributed by atoms with Crippen LogP contribution in [-0.4, -0.2) is 14.2 Å². The number of Topliss-reactive ketones (excluding diaryl/α,β-unsaturated/α-hetero) is 1. The van der Waals surface area contributed by atoms with E-state index in [0.29, 0.717) is 25.3 Å². The molecule has 0 unspecified atom stereocenters. The number of allylic oxidation sites excluding steroid dienone is 4. The second-order valence-corrected chi connectivity index (χ2v) is 9.52. The van der Waals surface area contributed by atoms with E-state index >= 15 is 0 Å². The van der Waals surface area contributed by atoms with E-state index in [-0.39, 0.29) is 15.7 Å². The number of hydrogen-bond donors (Lipinski definition) is 1. The van der Waals surface area contributed by atoms with E-state index in [1.165, 1.54) is 6.07 Å². The van der Waals surface area contributed by atoms with Gasteiger partial charge in [-0.3, -0.25) is 9.52 Å². The number of sulfonamides is 1. The molecule has 0 fully saturated rings. The van der Waals surface area contributed by atoms with Crippen LogP contribution in [0.5, 0.6) is 0 Å². The van der Waals surface area contributed by atoms with Crippen LogP contribution in [0.3, 0.4) is 0 Å². The third-order valence-electron chi connectivity index (χ3n) is 4.47. The number of carbonyl (C=O) groups excluding carboxylic acids is 1. The Morgan fingerprint density at radius 1 is 1.11 bits per heavy atom. The fourth-order valence-corrected chi connectivity index (χ4v) is 5.42. The summed E-state index contributed by atoms with van der Waals surface area (Å²) in [6.07, 6.45) is 3.51. The molecule has 3 rings (SSSR count). The molecule has 1 N–H and O–H groups in total. The Morgan fingerprint density at radius 2 is 1.79 bits per heavy atom. The van der Waals surface area contributed by atoms with E-state index in [1.807, 2.05) is 19.9 Å². The summed E-state index contributed by atoms with van der Waals surface area (Å²) in [6, 6.07) is 5.62. The molecule has 1 aromatic heterocycles. The van der Waals surface area contributed by atoms with Crippen LogP contribution in [-0.2, 0) is 14.8 Å². The Balaban J connectivity index is 1.94. The van der Waals surface area contributed by atoms with Gasteiger partial charge in [0.2, 0.25) is 0 Å². The van der Waals surface area contributed by atoms with Gasteiger partial charge < -0.3 is 0 Å². The highest BCUT2D eigenvalue weighted by Crippen LogP contribution is 2.35. The first kappa shape index (κ1) is 20.4. The molecule has 0 saturated carbocycles. The summed E-state index contributed by atoms with van der Waals surface area (Å²) in [4.78, 5) is 12.9. The number of benzene rings is 1. The smallest absolute Gasteiger partial charge is 0.271 e. The Morgan fingerprint density at radius 3 is 2.43 bits per heavy atom. The largest absolute Gasteiger partial charge is 0.295 e. The van der Waals surface area contributed by atoms with Crippen LogP contribution in [0.4, 0.5) is 14.5 Å². The first-order chi connectivity index (χ1) is 13.2. The molecule has 1 aliphatic carbocycles. The Bertz CT molecular complexity index is 1080. The van der Waals surface area contributed by atoms with Crippen molar-refractivity contribution in [2.45, 2.75) is 37.3 Å². The minimum absolute atomic E-state index is 0.0227. The average Bonchev–Trinajstić information content (AvgIpc) is 3.04. The third-order valence-corrected chi connectivity index (χ3v) is 7.46. The molecule has 1 aromatic carbocycles. The van der Waals surface area contributed by atoms with Gasteiger partial charge in [0.1, 0.15) is 15.8 Å². The van der Waals surface area contributed by atoms with Crippen LogP contribution in [0, 0.1) is 11.6 Å². The van der Waals surface area contributed by atoms with Crippen LogP contribution in [0.1, 0.15) is 38.0 Å². The van der Waals surface area contributed by atoms with E-state index in [2.05, 4.69) is 4.72 Å². The number of carbonyl (C=O) groups is 1. The number of nitrogens with one attached hydrogen (secondary N) is 1. The molecule has 1 aliphatic rings. The van der Waals surface area contributed by atoms with Crippen molar-refractivity contribution in [2.75, 3.05) is 4.72 Å². The van der Waals surface area contributed by atoms with E-state index in [4.69, 9.17) is 0 Å². The summed E-state index contributed by atoms with van der Waals surface area (Å²) in [6.45, 7) is 3.84. The van der Waals surface area contributed by atoms with Crippen LogP contribution >= 0.6 is 11.3 Å². The van der Waals surface area contributed by atoms with Crippen LogP contribution in [0.15, 0.2) is 51.8 Å². The van der Waals surface area contributed by atoms with Crippen molar-refractivity contribution in [1.29, 1.82) is 0 Å². The molecule has 0 spiro atoms. The van der Waals surface area contributed by atoms with Gasteiger partial charge >= 0.3 is 0 Å².